The first-order valence-electron chi connectivity index (χ1n) is 5.04. The Kier molecular flexibility index (Phi) is 2.97. The molecule has 0 saturated carbocycles. The summed E-state index contributed by atoms with van der Waals surface area (Å²) in [5.74, 6) is 0. The van der Waals surface area contributed by atoms with Gasteiger partial charge < -0.3 is 9.55 Å². The molecule has 0 fully saturated rings. The molecule has 2 aromatic heterocycles. The lowest BCUT2D eigenvalue weighted by Gasteiger charge is -2.09. The summed E-state index contributed by atoms with van der Waals surface area (Å²) in [6, 6.07) is 0.521. The molecule has 18 heavy (non-hydrogen) atoms. The van der Waals surface area contributed by atoms with Gasteiger partial charge in [-0.3, -0.25) is 4.79 Å². The van der Waals surface area contributed by atoms with Gasteiger partial charge in [-0.05, 0) is 19.1 Å². The standard InChI is InChI=1S/C10H8F3N3OS/c1-2-16-4-5-6(17)3-7(10(11,12)13)14-8(5)15-9(16)18/h3-4H,2H2,1H3,(H,14,15,18). The van der Waals surface area contributed by atoms with Crippen LogP contribution in [-0.2, 0) is 12.7 Å². The quantitative estimate of drug-likeness (QED) is 0.813. The summed E-state index contributed by atoms with van der Waals surface area (Å²) in [4.78, 5) is 17.5. The maximum Gasteiger partial charge on any atom is 0.431 e. The molecule has 0 saturated heterocycles. The molecule has 2 rings (SSSR count). The fraction of sp³-hybridized carbons (Fsp3) is 0.300. The number of alkyl halides is 3. The van der Waals surface area contributed by atoms with Gasteiger partial charge in [-0.1, -0.05) is 0 Å². The summed E-state index contributed by atoms with van der Waals surface area (Å²) < 4.78 is 39.2. The molecule has 2 aromatic rings. The van der Waals surface area contributed by atoms with Crippen molar-refractivity contribution in [2.24, 2.45) is 0 Å². The number of nitrogens with zero attached hydrogens (tertiary/aromatic N) is 2. The van der Waals surface area contributed by atoms with Crippen molar-refractivity contribution in [3.63, 3.8) is 0 Å². The predicted molar refractivity (Wildman–Crippen MR) is 61.9 cm³/mol. The Morgan fingerprint density at radius 3 is 2.72 bits per heavy atom. The number of aromatic nitrogens is 3. The lowest BCUT2D eigenvalue weighted by Crippen LogP contribution is -2.16. The van der Waals surface area contributed by atoms with Gasteiger partial charge in [-0.2, -0.15) is 13.2 Å². The number of pyridine rings is 1. The topological polar surface area (TPSA) is 50.7 Å². The van der Waals surface area contributed by atoms with Gasteiger partial charge in [0.2, 0.25) is 4.77 Å². The van der Waals surface area contributed by atoms with Gasteiger partial charge in [0.15, 0.2) is 5.43 Å². The van der Waals surface area contributed by atoms with Crippen LogP contribution in [0.3, 0.4) is 0 Å². The average molecular weight is 275 g/mol. The van der Waals surface area contributed by atoms with E-state index in [1.165, 1.54) is 10.8 Å². The smallest absolute Gasteiger partial charge is 0.335 e. The van der Waals surface area contributed by atoms with Crippen molar-refractivity contribution in [3.05, 3.63) is 33.0 Å². The first-order chi connectivity index (χ1) is 8.32. The van der Waals surface area contributed by atoms with E-state index in [4.69, 9.17) is 12.2 Å². The van der Waals surface area contributed by atoms with E-state index in [1.807, 2.05) is 0 Å². The number of rotatable bonds is 1. The lowest BCUT2D eigenvalue weighted by molar-refractivity contribution is -0.141. The zero-order valence-electron chi connectivity index (χ0n) is 9.21. The second kappa shape index (κ2) is 4.20. The highest BCUT2D eigenvalue weighted by Crippen LogP contribution is 2.27. The highest BCUT2D eigenvalue weighted by Gasteiger charge is 2.32. The Morgan fingerprint density at radius 2 is 2.17 bits per heavy atom. The monoisotopic (exact) mass is 275 g/mol. The van der Waals surface area contributed by atoms with Gasteiger partial charge in [-0.25, -0.2) is 4.98 Å². The molecular weight excluding hydrogens is 267 g/mol. The second-order valence-corrected chi connectivity index (χ2v) is 3.98. The van der Waals surface area contributed by atoms with Crippen molar-refractivity contribution in [3.8, 4) is 0 Å². The minimum absolute atomic E-state index is 0.0819. The molecule has 0 radical (unpaired) electrons. The normalized spacial score (nSPS) is 12.0. The molecule has 0 amide bonds. The van der Waals surface area contributed by atoms with Crippen LogP contribution < -0.4 is 5.43 Å². The number of nitrogens with one attached hydrogen (secondary N) is 1. The molecule has 0 unspecified atom stereocenters. The molecule has 0 aliphatic rings. The van der Waals surface area contributed by atoms with Crippen LogP contribution in [-0.4, -0.2) is 14.5 Å². The zero-order chi connectivity index (χ0) is 13.5. The van der Waals surface area contributed by atoms with E-state index in [9.17, 15) is 18.0 Å². The lowest BCUT2D eigenvalue weighted by atomic mass is 10.2. The Hall–Kier alpha value is -1.70. The Labute approximate surface area is 104 Å². The highest BCUT2D eigenvalue weighted by atomic mass is 32.1. The molecule has 96 valence electrons. The zero-order valence-corrected chi connectivity index (χ0v) is 10.0. The van der Waals surface area contributed by atoms with Gasteiger partial charge in [0, 0.05) is 18.8 Å². The van der Waals surface area contributed by atoms with Gasteiger partial charge in [0.25, 0.3) is 0 Å². The van der Waals surface area contributed by atoms with Crippen molar-refractivity contribution in [1.29, 1.82) is 0 Å². The molecule has 0 spiro atoms. The summed E-state index contributed by atoms with van der Waals surface area (Å²) in [5.41, 5.74) is -2.01. The third-order valence-electron chi connectivity index (χ3n) is 2.43. The van der Waals surface area contributed by atoms with Crippen molar-refractivity contribution in [1.82, 2.24) is 14.5 Å². The minimum Gasteiger partial charge on any atom is -0.335 e. The van der Waals surface area contributed by atoms with Crippen LogP contribution in [0.15, 0.2) is 17.1 Å². The van der Waals surface area contributed by atoms with Crippen LogP contribution in [0.4, 0.5) is 13.2 Å². The number of fused-ring (bicyclic) bond motifs is 1. The summed E-state index contributed by atoms with van der Waals surface area (Å²) >= 11 is 4.91. The molecule has 0 aliphatic carbocycles. The second-order valence-electron chi connectivity index (χ2n) is 3.62. The van der Waals surface area contributed by atoms with E-state index >= 15 is 0 Å². The largest absolute Gasteiger partial charge is 0.431 e. The van der Waals surface area contributed by atoms with Crippen LogP contribution in [0.1, 0.15) is 12.6 Å². The molecule has 1 N–H and O–H groups in total. The average Bonchev–Trinajstić information content (AvgIpc) is 2.26. The van der Waals surface area contributed by atoms with E-state index in [2.05, 4.69) is 9.97 Å². The maximum atomic E-state index is 12.5. The van der Waals surface area contributed by atoms with E-state index in [0.29, 0.717) is 12.6 Å². The first kappa shape index (κ1) is 12.7. The van der Waals surface area contributed by atoms with Crippen molar-refractivity contribution < 1.29 is 13.2 Å². The predicted octanol–water partition coefficient (Wildman–Crippen LogP) is 2.49. The van der Waals surface area contributed by atoms with Crippen molar-refractivity contribution in [2.75, 3.05) is 0 Å². The minimum atomic E-state index is -4.62. The van der Waals surface area contributed by atoms with Gasteiger partial charge in [0.05, 0.1) is 5.39 Å². The van der Waals surface area contributed by atoms with E-state index < -0.39 is 17.3 Å². The SMILES string of the molecule is CCn1cc2c(=O)cc(C(F)(F)F)[nH]c2nc1=S. The van der Waals surface area contributed by atoms with Crippen LogP contribution in [0.2, 0.25) is 0 Å². The third kappa shape index (κ3) is 2.15. The fourth-order valence-electron chi connectivity index (χ4n) is 1.52. The van der Waals surface area contributed by atoms with Gasteiger partial charge in [0.1, 0.15) is 11.3 Å². The summed E-state index contributed by atoms with van der Waals surface area (Å²) in [5, 5.41) is 0.0819. The summed E-state index contributed by atoms with van der Waals surface area (Å²) in [6.45, 7) is 2.28. The Balaban J connectivity index is 2.83. The number of halogens is 3. The Morgan fingerprint density at radius 1 is 1.50 bits per heavy atom. The first-order valence-corrected chi connectivity index (χ1v) is 5.45. The van der Waals surface area contributed by atoms with E-state index in [-0.39, 0.29) is 15.8 Å². The molecular formula is C10H8F3N3OS. The molecule has 8 heteroatoms. The number of aryl methyl sites for hydroxylation is 1. The Bertz CT molecular complexity index is 717. The van der Waals surface area contributed by atoms with Crippen LogP contribution in [0.25, 0.3) is 11.0 Å². The van der Waals surface area contributed by atoms with Crippen LogP contribution in [0.5, 0.6) is 0 Å². The molecule has 0 bridgehead atoms. The number of hydrogen-bond donors (Lipinski definition) is 1. The van der Waals surface area contributed by atoms with Gasteiger partial charge in [-0.15, -0.1) is 0 Å². The van der Waals surface area contributed by atoms with Crippen molar-refractivity contribution >= 4 is 23.3 Å². The summed E-state index contributed by atoms with van der Waals surface area (Å²) in [7, 11) is 0. The molecule has 0 aliphatic heterocycles. The van der Waals surface area contributed by atoms with Crippen LogP contribution in [0, 0.1) is 4.77 Å². The number of hydrogen-bond acceptors (Lipinski definition) is 3. The number of H-pyrrole nitrogens is 1. The summed E-state index contributed by atoms with van der Waals surface area (Å²) in [6.07, 6.45) is -3.21. The molecule has 0 atom stereocenters. The molecule has 0 aromatic carbocycles. The molecule has 2 heterocycles. The molecule has 4 nitrogen and oxygen atoms in total. The van der Waals surface area contributed by atoms with E-state index in [1.54, 1.807) is 6.92 Å². The van der Waals surface area contributed by atoms with Gasteiger partial charge >= 0.3 is 6.18 Å². The van der Waals surface area contributed by atoms with Crippen LogP contribution >= 0.6 is 12.2 Å². The third-order valence-corrected chi connectivity index (χ3v) is 2.76. The number of aromatic amines is 1. The highest BCUT2D eigenvalue weighted by molar-refractivity contribution is 7.71. The fourth-order valence-corrected chi connectivity index (χ4v) is 1.79. The maximum absolute atomic E-state index is 12.5. The van der Waals surface area contributed by atoms with E-state index in [0.717, 1.165) is 0 Å². The van der Waals surface area contributed by atoms with Crippen molar-refractivity contribution in [2.45, 2.75) is 19.6 Å².